The normalized spacial score (nSPS) is 27.9. The molecule has 0 bridgehead atoms. The number of aliphatic carboxylic acids is 1. The van der Waals surface area contributed by atoms with E-state index < -0.39 is 23.6 Å². The van der Waals surface area contributed by atoms with Gasteiger partial charge in [-0.1, -0.05) is 23.8 Å². The third-order valence-electron chi connectivity index (χ3n) is 4.83. The second kappa shape index (κ2) is 6.50. The van der Waals surface area contributed by atoms with Crippen LogP contribution in [0.2, 0.25) is 0 Å². The number of aryl methyl sites for hydroxylation is 2. The number of rotatable bonds is 4. The van der Waals surface area contributed by atoms with Crippen molar-refractivity contribution < 1.29 is 19.4 Å². The van der Waals surface area contributed by atoms with Crippen LogP contribution in [0.25, 0.3) is 0 Å². The molecule has 0 radical (unpaired) electrons. The highest BCUT2D eigenvalue weighted by Crippen LogP contribution is 2.38. The Hall–Kier alpha value is -2.38. The zero-order valence-corrected chi connectivity index (χ0v) is 14.6. The number of ether oxygens (including phenoxy) is 1. The Morgan fingerprint density at radius 1 is 1.40 bits per heavy atom. The predicted molar refractivity (Wildman–Crippen MR) is 91.6 cm³/mol. The molecule has 3 rings (SSSR count). The summed E-state index contributed by atoms with van der Waals surface area (Å²) >= 11 is 0. The Bertz CT molecular complexity index is 733. The summed E-state index contributed by atoms with van der Waals surface area (Å²) in [5.74, 6) is -1.35. The summed E-state index contributed by atoms with van der Waals surface area (Å²) in [7, 11) is 0. The van der Waals surface area contributed by atoms with Crippen molar-refractivity contribution in [1.29, 1.82) is 0 Å². The molecule has 1 aromatic rings. The molecule has 3 atom stereocenters. The average Bonchev–Trinajstić information content (AvgIpc) is 2.94. The lowest BCUT2D eigenvalue weighted by Gasteiger charge is -2.39. The summed E-state index contributed by atoms with van der Waals surface area (Å²) in [6, 6.07) is 5.05. The molecule has 25 heavy (non-hydrogen) atoms. The van der Waals surface area contributed by atoms with Gasteiger partial charge >= 0.3 is 11.9 Å². The second-order valence-corrected chi connectivity index (χ2v) is 6.48. The number of hydrogen-bond acceptors (Lipinski definition) is 6. The van der Waals surface area contributed by atoms with Gasteiger partial charge in [0.2, 0.25) is 0 Å². The number of fused-ring (bicyclic) bond motifs is 1. The first-order valence-corrected chi connectivity index (χ1v) is 8.34. The van der Waals surface area contributed by atoms with E-state index in [4.69, 9.17) is 4.74 Å². The molecule has 7 nitrogen and oxygen atoms in total. The third-order valence-corrected chi connectivity index (χ3v) is 4.83. The maximum atomic E-state index is 13.0. The van der Waals surface area contributed by atoms with E-state index >= 15 is 0 Å². The van der Waals surface area contributed by atoms with Gasteiger partial charge in [0.25, 0.3) is 0 Å². The Balaban J connectivity index is 2.11. The van der Waals surface area contributed by atoms with Gasteiger partial charge in [-0.2, -0.15) is 0 Å². The summed E-state index contributed by atoms with van der Waals surface area (Å²) in [5, 5.41) is 14.2. The van der Waals surface area contributed by atoms with Gasteiger partial charge in [0, 0.05) is 12.7 Å². The smallest absolute Gasteiger partial charge is 0.324 e. The van der Waals surface area contributed by atoms with E-state index in [1.54, 1.807) is 24.2 Å². The lowest BCUT2D eigenvalue weighted by atomic mass is 9.75. The SMILES string of the molecule is CCOC(=O)C1(c2ccc(C)cc2C)CNN2C=CC(C(=O)O)NC21. The lowest BCUT2D eigenvalue weighted by Crippen LogP contribution is -2.61. The van der Waals surface area contributed by atoms with E-state index in [1.807, 2.05) is 32.0 Å². The fourth-order valence-electron chi connectivity index (χ4n) is 3.67. The fraction of sp³-hybridized carbons (Fsp3) is 0.444. The van der Waals surface area contributed by atoms with Gasteiger partial charge < -0.3 is 9.84 Å². The van der Waals surface area contributed by atoms with Crippen LogP contribution < -0.4 is 10.7 Å². The van der Waals surface area contributed by atoms with Crippen LogP contribution in [0.15, 0.2) is 30.5 Å². The number of hydrazine groups is 1. The molecular formula is C18H23N3O4. The summed E-state index contributed by atoms with van der Waals surface area (Å²) in [5.41, 5.74) is 5.05. The van der Waals surface area contributed by atoms with Crippen LogP contribution in [0.1, 0.15) is 23.6 Å². The number of carbonyl (C=O) groups is 2. The van der Waals surface area contributed by atoms with Crippen LogP contribution in [0.4, 0.5) is 0 Å². The molecule has 0 aliphatic carbocycles. The van der Waals surface area contributed by atoms with E-state index in [9.17, 15) is 14.7 Å². The van der Waals surface area contributed by atoms with Crippen molar-refractivity contribution in [1.82, 2.24) is 15.8 Å². The van der Waals surface area contributed by atoms with Crippen LogP contribution in [0.5, 0.6) is 0 Å². The first kappa shape index (κ1) is 17.4. The van der Waals surface area contributed by atoms with Crippen molar-refractivity contribution in [2.24, 2.45) is 0 Å². The van der Waals surface area contributed by atoms with Crippen molar-refractivity contribution >= 4 is 11.9 Å². The van der Waals surface area contributed by atoms with Gasteiger partial charge in [-0.05, 0) is 38.0 Å². The molecule has 0 spiro atoms. The van der Waals surface area contributed by atoms with E-state index in [1.165, 1.54) is 0 Å². The van der Waals surface area contributed by atoms with Crippen LogP contribution in [0.3, 0.4) is 0 Å². The maximum absolute atomic E-state index is 13.0. The van der Waals surface area contributed by atoms with E-state index in [-0.39, 0.29) is 12.6 Å². The van der Waals surface area contributed by atoms with Gasteiger partial charge in [0.1, 0.15) is 17.6 Å². The molecule has 3 unspecified atom stereocenters. The zero-order chi connectivity index (χ0) is 18.2. The molecule has 2 aliphatic rings. The quantitative estimate of drug-likeness (QED) is 0.696. The molecule has 3 N–H and O–H groups in total. The van der Waals surface area contributed by atoms with Crippen molar-refractivity contribution in [3.8, 4) is 0 Å². The number of nitrogens with one attached hydrogen (secondary N) is 2. The van der Waals surface area contributed by atoms with E-state index in [2.05, 4.69) is 10.7 Å². The predicted octanol–water partition coefficient (Wildman–Crippen LogP) is 0.821. The number of carboxylic acids is 1. The summed E-state index contributed by atoms with van der Waals surface area (Å²) in [6.45, 7) is 6.30. The van der Waals surface area contributed by atoms with Crippen molar-refractivity contribution in [2.45, 2.75) is 38.4 Å². The first-order chi connectivity index (χ1) is 11.9. The van der Waals surface area contributed by atoms with Crippen LogP contribution in [-0.2, 0) is 19.7 Å². The number of hydrogen-bond donors (Lipinski definition) is 3. The number of benzene rings is 1. The van der Waals surface area contributed by atoms with E-state index in [0.29, 0.717) is 6.54 Å². The third kappa shape index (κ3) is 2.79. The number of carbonyl (C=O) groups excluding carboxylic acids is 1. The highest BCUT2D eigenvalue weighted by molar-refractivity contribution is 5.86. The highest BCUT2D eigenvalue weighted by Gasteiger charge is 2.57. The highest BCUT2D eigenvalue weighted by atomic mass is 16.5. The molecule has 7 heteroatoms. The Morgan fingerprint density at radius 3 is 2.80 bits per heavy atom. The van der Waals surface area contributed by atoms with Gasteiger partial charge in [-0.25, -0.2) is 5.43 Å². The summed E-state index contributed by atoms with van der Waals surface area (Å²) in [6.07, 6.45) is 2.67. The molecule has 2 aliphatic heterocycles. The standard InChI is InChI=1S/C18H23N3O4/c1-4-25-17(24)18(13-6-5-11(2)9-12(13)3)10-19-21-8-7-14(15(22)23)20-16(18)21/h5-9,14,16,19-20H,4,10H2,1-3H3,(H,22,23). The van der Waals surface area contributed by atoms with Crippen molar-refractivity contribution in [2.75, 3.05) is 13.2 Å². The number of nitrogens with zero attached hydrogens (tertiary/aromatic N) is 1. The van der Waals surface area contributed by atoms with Crippen molar-refractivity contribution in [3.63, 3.8) is 0 Å². The Labute approximate surface area is 146 Å². The maximum Gasteiger partial charge on any atom is 0.324 e. The van der Waals surface area contributed by atoms with Crippen LogP contribution in [0, 0.1) is 13.8 Å². The largest absolute Gasteiger partial charge is 0.480 e. The molecular weight excluding hydrogens is 322 g/mol. The van der Waals surface area contributed by atoms with Crippen molar-refractivity contribution in [3.05, 3.63) is 47.2 Å². The second-order valence-electron chi connectivity index (χ2n) is 6.48. The molecule has 2 heterocycles. The zero-order valence-electron chi connectivity index (χ0n) is 14.6. The minimum absolute atomic E-state index is 0.260. The minimum Gasteiger partial charge on any atom is -0.480 e. The van der Waals surface area contributed by atoms with Gasteiger partial charge in [0.05, 0.1) is 6.61 Å². The molecule has 134 valence electrons. The fourth-order valence-corrected chi connectivity index (χ4v) is 3.67. The molecule has 0 saturated carbocycles. The molecule has 1 aromatic carbocycles. The monoisotopic (exact) mass is 345 g/mol. The molecule has 1 saturated heterocycles. The summed E-state index contributed by atoms with van der Waals surface area (Å²) < 4.78 is 5.40. The lowest BCUT2D eigenvalue weighted by molar-refractivity contribution is -0.152. The number of carboxylic acid groups (broad SMARTS) is 1. The van der Waals surface area contributed by atoms with Crippen LogP contribution >= 0.6 is 0 Å². The molecule has 1 fully saturated rings. The van der Waals surface area contributed by atoms with Gasteiger partial charge in [0.15, 0.2) is 0 Å². The number of esters is 1. The first-order valence-electron chi connectivity index (χ1n) is 8.34. The van der Waals surface area contributed by atoms with Gasteiger partial charge in [-0.15, -0.1) is 0 Å². The average molecular weight is 345 g/mol. The molecule has 0 amide bonds. The summed E-state index contributed by atoms with van der Waals surface area (Å²) in [4.78, 5) is 24.5. The Morgan fingerprint density at radius 2 is 2.16 bits per heavy atom. The minimum atomic E-state index is -1.04. The molecule has 0 aromatic heterocycles. The topological polar surface area (TPSA) is 90.9 Å². The Kier molecular flexibility index (Phi) is 4.53. The van der Waals surface area contributed by atoms with Gasteiger partial charge in [-0.3, -0.25) is 19.9 Å². The van der Waals surface area contributed by atoms with E-state index in [0.717, 1.165) is 16.7 Å². The van der Waals surface area contributed by atoms with Crippen LogP contribution in [-0.4, -0.2) is 47.4 Å².